The highest BCUT2D eigenvalue weighted by Crippen LogP contribution is 2.63. The highest BCUT2D eigenvalue weighted by Gasteiger charge is 2.69. The van der Waals surface area contributed by atoms with E-state index in [-0.39, 0.29) is 24.3 Å². The summed E-state index contributed by atoms with van der Waals surface area (Å²) in [5.74, 6) is -3.64. The van der Waals surface area contributed by atoms with E-state index in [0.29, 0.717) is 33.3 Å². The lowest BCUT2D eigenvalue weighted by Gasteiger charge is -2.49. The first-order valence-electron chi connectivity index (χ1n) is 15.9. The van der Waals surface area contributed by atoms with E-state index in [4.69, 9.17) is 16.3 Å². The second-order valence-electron chi connectivity index (χ2n) is 12.5. The second kappa shape index (κ2) is 11.6. The highest BCUT2D eigenvalue weighted by molar-refractivity contribution is 6.30. The number of nitrogens with one attached hydrogen (secondary N) is 1. The standard InChI is InChI=1S/C37H29ClFN5O6/c1-50-26-15-16-31(45)28(19-26)32-27-17-18-41-35(48)42(25-5-3-2-4-6-25)36(49)44(41)30(27)20-29-33(46)43(40-24-13-11-23(39)12-14-24)34(47)37(29,32)21-7-9-22(38)10-8-21/h2-17,19,29-30,32,40,45H,18,20H2,1H3/t29-,30+,32+,37+/m0/s1. The van der Waals surface area contributed by atoms with Gasteiger partial charge in [0.05, 0.1) is 42.4 Å². The van der Waals surface area contributed by atoms with E-state index in [9.17, 15) is 23.9 Å². The summed E-state index contributed by atoms with van der Waals surface area (Å²) in [5.41, 5.74) is 2.04. The number of aromatic nitrogens is 3. The van der Waals surface area contributed by atoms with Gasteiger partial charge in [0.15, 0.2) is 0 Å². The molecule has 11 nitrogen and oxygen atoms in total. The summed E-state index contributed by atoms with van der Waals surface area (Å²) >= 11 is 6.33. The molecule has 252 valence electrons. The Bertz CT molecular complexity index is 2330. The molecular formula is C37H29ClFN5O6. The molecule has 1 aliphatic carbocycles. The Hall–Kier alpha value is -5.88. The maximum Gasteiger partial charge on any atom is 0.352 e. The Labute approximate surface area is 289 Å². The van der Waals surface area contributed by atoms with Gasteiger partial charge in [-0.15, -0.1) is 0 Å². The van der Waals surface area contributed by atoms with E-state index in [1.165, 1.54) is 46.8 Å². The normalized spacial score (nSPS) is 22.4. The fraction of sp³-hybridized carbons (Fsp3) is 0.189. The van der Waals surface area contributed by atoms with Gasteiger partial charge in [-0.1, -0.05) is 48.0 Å². The molecule has 3 aliphatic rings. The van der Waals surface area contributed by atoms with Gasteiger partial charge in [-0.05, 0) is 84.3 Å². The van der Waals surface area contributed by atoms with Crippen LogP contribution in [0.2, 0.25) is 5.02 Å². The summed E-state index contributed by atoms with van der Waals surface area (Å²) in [7, 11) is 1.47. The van der Waals surface area contributed by atoms with E-state index in [2.05, 4.69) is 5.43 Å². The lowest BCUT2D eigenvalue weighted by atomic mass is 9.53. The number of nitrogens with zero attached hydrogens (tertiary/aromatic N) is 4. The number of anilines is 1. The summed E-state index contributed by atoms with van der Waals surface area (Å²) < 4.78 is 23.1. The molecule has 3 heterocycles. The smallest absolute Gasteiger partial charge is 0.352 e. The van der Waals surface area contributed by atoms with Gasteiger partial charge in [0.2, 0.25) is 0 Å². The third-order valence-electron chi connectivity index (χ3n) is 10.1. The van der Waals surface area contributed by atoms with Crippen molar-refractivity contribution < 1.29 is 23.8 Å². The number of rotatable bonds is 6. The summed E-state index contributed by atoms with van der Waals surface area (Å²) in [6.07, 6.45) is 1.76. The van der Waals surface area contributed by atoms with Crippen LogP contribution in [-0.4, -0.2) is 43.0 Å². The summed E-state index contributed by atoms with van der Waals surface area (Å²) in [6.45, 7) is -0.0119. The van der Waals surface area contributed by atoms with Crippen molar-refractivity contribution in [3.8, 4) is 17.2 Å². The van der Waals surface area contributed by atoms with Gasteiger partial charge in [0.1, 0.15) is 17.3 Å². The van der Waals surface area contributed by atoms with Gasteiger partial charge in [-0.25, -0.2) is 27.9 Å². The SMILES string of the molecule is COc1ccc(O)c([C@H]2C3=CCn4c(=O)n(-c5ccccc5)c(=O)n4[C@@H]3C[C@H]3C(=O)N(Nc4ccc(F)cc4)C(=O)[C@@]23c2ccc(Cl)cc2)c1. The first kappa shape index (κ1) is 31.4. The number of imide groups is 1. The predicted octanol–water partition coefficient (Wildman–Crippen LogP) is 4.93. The zero-order chi connectivity index (χ0) is 34.9. The van der Waals surface area contributed by atoms with Crippen LogP contribution in [0.3, 0.4) is 0 Å². The number of carbonyl (C=O) groups is 2. The van der Waals surface area contributed by atoms with Crippen LogP contribution in [0.25, 0.3) is 5.69 Å². The number of hydrogen-bond acceptors (Lipinski definition) is 7. The summed E-state index contributed by atoms with van der Waals surface area (Å²) in [6, 6.07) is 24.2. The number of methoxy groups -OCH3 is 1. The maximum atomic E-state index is 15.2. The Kier molecular flexibility index (Phi) is 7.30. The van der Waals surface area contributed by atoms with E-state index >= 15 is 4.79 Å². The van der Waals surface area contributed by atoms with Gasteiger partial charge in [-0.2, -0.15) is 5.01 Å². The van der Waals surface area contributed by atoms with Crippen molar-refractivity contribution in [1.82, 2.24) is 18.9 Å². The van der Waals surface area contributed by atoms with Crippen molar-refractivity contribution in [3.63, 3.8) is 0 Å². The van der Waals surface area contributed by atoms with Crippen LogP contribution in [0.4, 0.5) is 10.1 Å². The molecule has 4 aromatic carbocycles. The number of halogens is 2. The molecule has 0 unspecified atom stereocenters. The zero-order valence-electron chi connectivity index (χ0n) is 26.5. The van der Waals surface area contributed by atoms with Crippen molar-refractivity contribution >= 4 is 29.1 Å². The number of allylic oxidation sites excluding steroid dienone is 2. The minimum Gasteiger partial charge on any atom is -0.508 e. The highest BCUT2D eigenvalue weighted by atomic mass is 35.5. The lowest BCUT2D eigenvalue weighted by Crippen LogP contribution is -2.53. The Morgan fingerprint density at radius 1 is 0.920 bits per heavy atom. The molecule has 1 saturated carbocycles. The minimum absolute atomic E-state index is 0.0119. The number of phenolic OH excluding ortho intramolecular Hbond substituents is 1. The quantitative estimate of drug-likeness (QED) is 0.191. The Morgan fingerprint density at radius 3 is 2.34 bits per heavy atom. The van der Waals surface area contributed by atoms with Crippen LogP contribution in [-0.2, 0) is 21.5 Å². The molecule has 50 heavy (non-hydrogen) atoms. The molecular weight excluding hydrogens is 665 g/mol. The molecule has 2 fully saturated rings. The largest absolute Gasteiger partial charge is 0.508 e. The molecule has 2 amide bonds. The van der Waals surface area contributed by atoms with Gasteiger partial charge in [0, 0.05) is 16.5 Å². The second-order valence-corrected chi connectivity index (χ2v) is 12.9. The molecule has 1 aromatic heterocycles. The monoisotopic (exact) mass is 693 g/mol. The van der Waals surface area contributed by atoms with Crippen molar-refractivity contribution in [1.29, 1.82) is 0 Å². The van der Waals surface area contributed by atoms with Gasteiger partial charge in [0.25, 0.3) is 11.8 Å². The van der Waals surface area contributed by atoms with E-state index < -0.39 is 52.3 Å². The van der Waals surface area contributed by atoms with E-state index in [1.807, 2.05) is 0 Å². The summed E-state index contributed by atoms with van der Waals surface area (Å²) in [5, 5.41) is 12.9. The molecule has 0 radical (unpaired) electrons. The number of fused-ring (bicyclic) bond motifs is 4. The maximum absolute atomic E-state index is 15.2. The van der Waals surface area contributed by atoms with Crippen LogP contribution in [0, 0.1) is 11.7 Å². The summed E-state index contributed by atoms with van der Waals surface area (Å²) in [4.78, 5) is 57.9. The minimum atomic E-state index is -1.67. The molecule has 0 bridgehead atoms. The average molecular weight is 694 g/mol. The van der Waals surface area contributed by atoms with Gasteiger partial charge >= 0.3 is 11.4 Å². The van der Waals surface area contributed by atoms with Crippen molar-refractivity contribution in [2.24, 2.45) is 5.92 Å². The van der Waals surface area contributed by atoms with Gasteiger partial charge in [-0.3, -0.25) is 15.0 Å². The Balaban J connectivity index is 1.40. The molecule has 8 rings (SSSR count). The fourth-order valence-electron chi connectivity index (χ4n) is 7.95. The number of ether oxygens (including phenoxy) is 1. The van der Waals surface area contributed by atoms with Gasteiger partial charge < -0.3 is 9.84 Å². The van der Waals surface area contributed by atoms with Crippen LogP contribution in [0.1, 0.15) is 29.5 Å². The van der Waals surface area contributed by atoms with Crippen molar-refractivity contribution in [2.45, 2.75) is 30.3 Å². The number of aromatic hydroxyl groups is 1. The van der Waals surface area contributed by atoms with E-state index in [1.54, 1.807) is 72.8 Å². The number of phenols is 1. The molecule has 2 aliphatic heterocycles. The first-order valence-corrected chi connectivity index (χ1v) is 16.3. The number of hydrazine groups is 1. The molecule has 2 N–H and O–H groups in total. The molecule has 13 heteroatoms. The van der Waals surface area contributed by atoms with Crippen molar-refractivity contribution in [2.75, 3.05) is 12.5 Å². The predicted molar refractivity (Wildman–Crippen MR) is 182 cm³/mol. The molecule has 5 aromatic rings. The number of benzene rings is 4. The molecule has 1 saturated heterocycles. The fourth-order valence-corrected chi connectivity index (χ4v) is 8.08. The van der Waals surface area contributed by atoms with Crippen LogP contribution < -0.4 is 21.5 Å². The number of hydrogen-bond donors (Lipinski definition) is 2. The van der Waals surface area contributed by atoms with Crippen LogP contribution in [0.15, 0.2) is 118 Å². The van der Waals surface area contributed by atoms with Crippen LogP contribution in [0.5, 0.6) is 11.5 Å². The van der Waals surface area contributed by atoms with E-state index in [0.717, 1.165) is 9.58 Å². The first-order chi connectivity index (χ1) is 24.1. The van der Waals surface area contributed by atoms with Crippen molar-refractivity contribution in [3.05, 3.63) is 152 Å². The number of amides is 2. The zero-order valence-corrected chi connectivity index (χ0v) is 27.3. The molecule has 0 spiro atoms. The third kappa shape index (κ3) is 4.48. The van der Waals surface area contributed by atoms with Crippen LogP contribution >= 0.6 is 11.6 Å². The number of carbonyl (C=O) groups excluding carboxylic acids is 2. The lowest BCUT2D eigenvalue weighted by molar-refractivity contribution is -0.138. The average Bonchev–Trinajstić information content (AvgIpc) is 3.51. The third-order valence-corrected chi connectivity index (χ3v) is 10.3. The molecule has 4 atom stereocenters. The number of para-hydroxylation sites is 1. The Morgan fingerprint density at radius 2 is 1.64 bits per heavy atom. The topological polar surface area (TPSA) is 128 Å².